The molecule has 7 nitrogen and oxygen atoms in total. The van der Waals surface area contributed by atoms with Crippen molar-refractivity contribution in [1.29, 1.82) is 0 Å². The maximum absolute atomic E-state index is 14.2. The Balaban J connectivity index is 1.23. The number of carbonyl (C=O) groups is 1. The van der Waals surface area contributed by atoms with Crippen LogP contribution in [0.15, 0.2) is 42.7 Å². The van der Waals surface area contributed by atoms with Crippen LogP contribution in [0.1, 0.15) is 63.4 Å². The molecule has 1 aromatic heterocycles. The Kier molecular flexibility index (Phi) is 8.89. The fraction of sp³-hybridized carbons (Fsp3) is 0.633. The molecular formula is C30H42FN5O2. The highest BCUT2D eigenvalue weighted by Gasteiger charge is 2.43. The Labute approximate surface area is 226 Å². The SMILES string of the molecule is CCCN(c1ncccn1)C1CCN(C[C@H]2CN([C@@H]3CCC3CCC(=O)O)C[C@@H]2c2cccc(F)c2)CC1. The molecule has 206 valence electrons. The van der Waals surface area contributed by atoms with Crippen LogP contribution in [-0.4, -0.2) is 82.2 Å². The molecule has 4 atom stereocenters. The molecule has 2 aromatic rings. The van der Waals surface area contributed by atoms with E-state index in [1.54, 1.807) is 6.07 Å². The topological polar surface area (TPSA) is 72.8 Å². The van der Waals surface area contributed by atoms with Gasteiger partial charge in [-0.15, -0.1) is 0 Å². The average molecular weight is 524 g/mol. The second-order valence-corrected chi connectivity index (χ2v) is 11.5. The standard InChI is InChI=1S/C30H42FN5O2/c1-2-15-36(30-32-13-4-14-33-30)26-11-16-34(17-12-26)19-24-20-35(28-9-7-22(28)8-10-29(37)38)21-27(24)23-5-3-6-25(31)18-23/h3-6,13-14,18,22,24,26-28H,2,7-12,15-17,19-21H2,1H3,(H,37,38)/t22?,24-,27+,28+/m0/s1. The average Bonchev–Trinajstić information content (AvgIpc) is 3.30. The van der Waals surface area contributed by atoms with Crippen LogP contribution in [0.25, 0.3) is 0 Å². The molecule has 1 unspecified atom stereocenters. The summed E-state index contributed by atoms with van der Waals surface area (Å²) in [5, 5.41) is 9.16. The number of piperidine rings is 1. The molecule has 3 heterocycles. The summed E-state index contributed by atoms with van der Waals surface area (Å²) in [5.41, 5.74) is 1.10. The van der Waals surface area contributed by atoms with E-state index in [0.29, 0.717) is 29.8 Å². The summed E-state index contributed by atoms with van der Waals surface area (Å²) in [6, 6.07) is 9.96. The normalized spacial score (nSPS) is 26.8. The number of aliphatic carboxylic acids is 1. The molecule has 38 heavy (non-hydrogen) atoms. The zero-order chi connectivity index (χ0) is 26.5. The van der Waals surface area contributed by atoms with Gasteiger partial charge in [0.25, 0.3) is 0 Å². The number of hydrogen-bond acceptors (Lipinski definition) is 6. The summed E-state index contributed by atoms with van der Waals surface area (Å²) in [6.45, 7) is 8.25. The van der Waals surface area contributed by atoms with E-state index in [9.17, 15) is 9.18 Å². The van der Waals surface area contributed by atoms with Crippen LogP contribution in [0.2, 0.25) is 0 Å². The number of hydrogen-bond donors (Lipinski definition) is 1. The van der Waals surface area contributed by atoms with Crippen LogP contribution in [0.5, 0.6) is 0 Å². The number of likely N-dealkylation sites (tertiary alicyclic amines) is 2. The third-order valence-electron chi connectivity index (χ3n) is 9.09. The number of rotatable bonds is 11. The van der Waals surface area contributed by atoms with Gasteiger partial charge in [-0.05, 0) is 74.1 Å². The third-order valence-corrected chi connectivity index (χ3v) is 9.09. The lowest BCUT2D eigenvalue weighted by Crippen LogP contribution is -2.48. The summed E-state index contributed by atoms with van der Waals surface area (Å²) >= 11 is 0. The van der Waals surface area contributed by atoms with Gasteiger partial charge in [0, 0.05) is 76.1 Å². The monoisotopic (exact) mass is 523 g/mol. The van der Waals surface area contributed by atoms with E-state index in [1.807, 2.05) is 24.5 Å². The molecular weight excluding hydrogens is 481 g/mol. The summed E-state index contributed by atoms with van der Waals surface area (Å²) in [7, 11) is 0. The Morgan fingerprint density at radius 1 is 1.08 bits per heavy atom. The molecule has 2 aliphatic heterocycles. The molecule has 0 amide bonds. The molecule has 1 aromatic carbocycles. The summed E-state index contributed by atoms with van der Waals surface area (Å²) in [6.07, 6.45) is 10.2. The largest absolute Gasteiger partial charge is 0.481 e. The molecule has 0 bridgehead atoms. The van der Waals surface area contributed by atoms with Gasteiger partial charge in [0.1, 0.15) is 5.82 Å². The van der Waals surface area contributed by atoms with Gasteiger partial charge < -0.3 is 14.9 Å². The number of halogens is 1. The second-order valence-electron chi connectivity index (χ2n) is 11.5. The Hall–Kier alpha value is -2.58. The van der Waals surface area contributed by atoms with Gasteiger partial charge in [0.15, 0.2) is 0 Å². The molecule has 1 aliphatic carbocycles. The highest BCUT2D eigenvalue weighted by Crippen LogP contribution is 2.42. The van der Waals surface area contributed by atoms with E-state index in [-0.39, 0.29) is 12.2 Å². The Morgan fingerprint density at radius 3 is 2.53 bits per heavy atom. The predicted octanol–water partition coefficient (Wildman–Crippen LogP) is 4.66. The Morgan fingerprint density at radius 2 is 1.87 bits per heavy atom. The lowest BCUT2D eigenvalue weighted by molar-refractivity contribution is -0.137. The van der Waals surface area contributed by atoms with Crippen molar-refractivity contribution in [3.8, 4) is 0 Å². The van der Waals surface area contributed by atoms with E-state index in [1.165, 1.54) is 6.07 Å². The van der Waals surface area contributed by atoms with Gasteiger partial charge in [-0.2, -0.15) is 0 Å². The van der Waals surface area contributed by atoms with Crippen LogP contribution < -0.4 is 4.90 Å². The minimum Gasteiger partial charge on any atom is -0.481 e. The maximum atomic E-state index is 14.2. The molecule has 1 N–H and O–H groups in total. The van der Waals surface area contributed by atoms with Gasteiger partial charge in [0.05, 0.1) is 0 Å². The maximum Gasteiger partial charge on any atom is 0.303 e. The molecule has 1 saturated carbocycles. The van der Waals surface area contributed by atoms with E-state index in [4.69, 9.17) is 5.11 Å². The summed E-state index contributed by atoms with van der Waals surface area (Å²) in [5.74, 6) is 1.19. The molecule has 8 heteroatoms. The highest BCUT2D eigenvalue weighted by atomic mass is 19.1. The fourth-order valence-corrected chi connectivity index (χ4v) is 7.02. The number of benzene rings is 1. The number of aromatic nitrogens is 2. The smallest absolute Gasteiger partial charge is 0.303 e. The number of nitrogens with zero attached hydrogens (tertiary/aromatic N) is 5. The van der Waals surface area contributed by atoms with Gasteiger partial charge in [0.2, 0.25) is 5.95 Å². The lowest BCUT2D eigenvalue weighted by Gasteiger charge is -2.43. The first-order chi connectivity index (χ1) is 18.5. The van der Waals surface area contributed by atoms with Gasteiger partial charge in [-0.3, -0.25) is 9.69 Å². The predicted molar refractivity (Wildman–Crippen MR) is 147 cm³/mol. The minimum absolute atomic E-state index is 0.164. The summed E-state index contributed by atoms with van der Waals surface area (Å²) in [4.78, 5) is 27.8. The Bertz CT molecular complexity index is 1050. The number of carboxylic acids is 1. The molecule has 3 aliphatic rings. The highest BCUT2D eigenvalue weighted by molar-refractivity contribution is 5.66. The van der Waals surface area contributed by atoms with Crippen LogP contribution in [0.3, 0.4) is 0 Å². The van der Waals surface area contributed by atoms with Crippen molar-refractivity contribution < 1.29 is 14.3 Å². The first kappa shape index (κ1) is 27.0. The van der Waals surface area contributed by atoms with Gasteiger partial charge >= 0.3 is 5.97 Å². The first-order valence-electron chi connectivity index (χ1n) is 14.5. The molecule has 2 saturated heterocycles. The zero-order valence-electron chi connectivity index (χ0n) is 22.6. The van der Waals surface area contributed by atoms with Crippen molar-refractivity contribution in [3.63, 3.8) is 0 Å². The van der Waals surface area contributed by atoms with Crippen molar-refractivity contribution in [2.24, 2.45) is 11.8 Å². The van der Waals surface area contributed by atoms with Crippen molar-refractivity contribution in [3.05, 3.63) is 54.1 Å². The zero-order valence-corrected chi connectivity index (χ0v) is 22.6. The van der Waals surface area contributed by atoms with Crippen molar-refractivity contribution >= 4 is 11.9 Å². The van der Waals surface area contributed by atoms with Crippen molar-refractivity contribution in [2.45, 2.75) is 69.9 Å². The van der Waals surface area contributed by atoms with E-state index >= 15 is 0 Å². The molecule has 0 radical (unpaired) electrons. The van der Waals surface area contributed by atoms with Crippen LogP contribution in [-0.2, 0) is 4.79 Å². The van der Waals surface area contributed by atoms with E-state index < -0.39 is 5.97 Å². The second kappa shape index (κ2) is 12.5. The third kappa shape index (κ3) is 6.34. The number of anilines is 1. The molecule has 3 fully saturated rings. The van der Waals surface area contributed by atoms with Crippen molar-refractivity contribution in [1.82, 2.24) is 19.8 Å². The first-order valence-corrected chi connectivity index (χ1v) is 14.5. The molecule has 0 spiro atoms. The lowest BCUT2D eigenvalue weighted by atomic mass is 9.76. The minimum atomic E-state index is -0.702. The summed E-state index contributed by atoms with van der Waals surface area (Å²) < 4.78 is 14.2. The van der Waals surface area contributed by atoms with Crippen molar-refractivity contribution in [2.75, 3.05) is 44.2 Å². The quantitative estimate of drug-likeness (QED) is 0.459. The fourth-order valence-electron chi connectivity index (χ4n) is 7.02. The van der Waals surface area contributed by atoms with Gasteiger partial charge in [-0.25, -0.2) is 14.4 Å². The molecule has 5 rings (SSSR count). The van der Waals surface area contributed by atoms with Crippen LogP contribution in [0.4, 0.5) is 10.3 Å². The van der Waals surface area contributed by atoms with Crippen LogP contribution in [0, 0.1) is 17.7 Å². The van der Waals surface area contributed by atoms with E-state index in [0.717, 1.165) is 89.3 Å². The van der Waals surface area contributed by atoms with E-state index in [2.05, 4.69) is 37.7 Å². The van der Waals surface area contributed by atoms with Crippen LogP contribution >= 0.6 is 0 Å². The number of carboxylic acid groups (broad SMARTS) is 1. The van der Waals surface area contributed by atoms with Gasteiger partial charge in [-0.1, -0.05) is 19.1 Å².